The molecule has 0 aliphatic heterocycles. The van der Waals surface area contributed by atoms with Gasteiger partial charge in [-0.05, 0) is 43.1 Å². The lowest BCUT2D eigenvalue weighted by Gasteiger charge is -2.42. The summed E-state index contributed by atoms with van der Waals surface area (Å²) in [7, 11) is -2.90. The molecule has 0 saturated heterocycles. The van der Waals surface area contributed by atoms with Gasteiger partial charge in [-0.25, -0.2) is 0 Å². The summed E-state index contributed by atoms with van der Waals surface area (Å²) in [6.45, 7) is 23.4. The first-order valence-electron chi connectivity index (χ1n) is 8.62. The van der Waals surface area contributed by atoms with Crippen molar-refractivity contribution in [2.75, 3.05) is 13.2 Å². The summed E-state index contributed by atoms with van der Waals surface area (Å²) in [6, 6.07) is 0. The van der Waals surface area contributed by atoms with Crippen LogP contribution in [0.5, 0.6) is 0 Å². The van der Waals surface area contributed by atoms with Crippen molar-refractivity contribution in [1.82, 2.24) is 0 Å². The van der Waals surface area contributed by atoms with Crippen molar-refractivity contribution < 1.29 is 14.0 Å². The second-order valence-corrected chi connectivity index (χ2v) is 16.5. The summed E-state index contributed by atoms with van der Waals surface area (Å²) >= 11 is 0. The lowest BCUT2D eigenvalue weighted by atomic mass is 9.80. The largest absolute Gasteiger partial charge is 0.417 e. The van der Waals surface area contributed by atoms with Gasteiger partial charge in [0.15, 0.2) is 17.4 Å². The van der Waals surface area contributed by atoms with Gasteiger partial charge in [0.05, 0.1) is 6.10 Å². The minimum absolute atomic E-state index is 0.0634. The maximum atomic E-state index is 9.49. The molecule has 0 radical (unpaired) electrons. The molecule has 22 heavy (non-hydrogen) atoms. The van der Waals surface area contributed by atoms with E-state index in [0.717, 1.165) is 6.42 Å². The van der Waals surface area contributed by atoms with E-state index in [0.29, 0.717) is 6.61 Å². The van der Waals surface area contributed by atoms with Crippen LogP contribution in [0.4, 0.5) is 0 Å². The Balaban J connectivity index is 5.10. The van der Waals surface area contributed by atoms with Crippen LogP contribution in [0.3, 0.4) is 0 Å². The van der Waals surface area contributed by atoms with E-state index in [1.54, 1.807) is 0 Å². The summed E-state index contributed by atoms with van der Waals surface area (Å²) in [6.07, 6.45) is 0.897. The van der Waals surface area contributed by atoms with Crippen molar-refractivity contribution in [3.05, 3.63) is 0 Å². The van der Waals surface area contributed by atoms with Crippen LogP contribution in [-0.2, 0) is 8.85 Å². The molecule has 0 aromatic heterocycles. The Morgan fingerprint density at radius 2 is 1.55 bits per heavy atom. The molecule has 2 unspecified atom stereocenters. The minimum Gasteiger partial charge on any atom is -0.417 e. The zero-order chi connectivity index (χ0) is 17.8. The van der Waals surface area contributed by atoms with Crippen LogP contribution in [0.1, 0.15) is 48.0 Å². The predicted octanol–water partition coefficient (Wildman–Crippen LogP) is 4.42. The van der Waals surface area contributed by atoms with Crippen molar-refractivity contribution >= 4 is 17.4 Å². The van der Waals surface area contributed by atoms with Gasteiger partial charge in [0.1, 0.15) is 0 Å². The average Bonchev–Trinajstić information content (AvgIpc) is 2.28. The van der Waals surface area contributed by atoms with Gasteiger partial charge in [0.25, 0.3) is 0 Å². The van der Waals surface area contributed by atoms with Crippen molar-refractivity contribution in [2.24, 2.45) is 11.3 Å². The van der Waals surface area contributed by atoms with Gasteiger partial charge < -0.3 is 14.0 Å². The first-order chi connectivity index (χ1) is 9.72. The van der Waals surface area contributed by atoms with Gasteiger partial charge in [-0.2, -0.15) is 0 Å². The van der Waals surface area contributed by atoms with E-state index in [1.807, 2.05) is 0 Å². The zero-order valence-corrected chi connectivity index (χ0v) is 18.8. The molecule has 0 fully saturated rings. The molecule has 0 bridgehead atoms. The fourth-order valence-electron chi connectivity index (χ4n) is 2.34. The molecule has 0 saturated carbocycles. The third-order valence-electron chi connectivity index (χ3n) is 4.66. The van der Waals surface area contributed by atoms with Crippen LogP contribution in [0.25, 0.3) is 0 Å². The van der Waals surface area contributed by atoms with E-state index < -0.39 is 17.4 Å². The Hall–Kier alpha value is 0.314. The second-order valence-electron chi connectivity index (χ2n) is 9.32. The van der Waals surface area contributed by atoms with E-state index in [9.17, 15) is 5.11 Å². The van der Waals surface area contributed by atoms with Gasteiger partial charge in [0, 0.05) is 19.1 Å². The Morgan fingerprint density at radius 3 is 1.86 bits per heavy atom. The highest BCUT2D eigenvalue weighted by atomic mass is 28.4. The Morgan fingerprint density at radius 1 is 1.05 bits per heavy atom. The van der Waals surface area contributed by atoms with Gasteiger partial charge in [0.2, 0.25) is 0 Å². The Bertz CT molecular complexity index is 317. The van der Waals surface area contributed by atoms with Gasteiger partial charge >= 0.3 is 0 Å². The van der Waals surface area contributed by atoms with Crippen LogP contribution in [0, 0.1) is 11.3 Å². The molecule has 2 atom stereocenters. The van der Waals surface area contributed by atoms with Crippen molar-refractivity contribution in [2.45, 2.75) is 85.3 Å². The van der Waals surface area contributed by atoms with Crippen molar-refractivity contribution in [1.29, 1.82) is 0 Å². The molecule has 134 valence electrons. The molecule has 0 rings (SSSR count). The summed E-state index contributed by atoms with van der Waals surface area (Å²) in [5.74, 6) is 0.258. The van der Waals surface area contributed by atoms with Crippen LogP contribution in [0.15, 0.2) is 0 Å². The highest BCUT2D eigenvalue weighted by Crippen LogP contribution is 2.38. The minimum atomic E-state index is -1.77. The summed E-state index contributed by atoms with van der Waals surface area (Å²) in [5.41, 5.74) is 0.0634. The molecule has 5 heteroatoms. The SMILES string of the molecule is C[SiH](C)OC(C(CCO)CO[Si](C)(C)C(C)(C)C)C(C)(C)C. The third-order valence-corrected chi connectivity index (χ3v) is 10.0. The van der Waals surface area contributed by atoms with Crippen LogP contribution >= 0.6 is 0 Å². The van der Waals surface area contributed by atoms with Crippen molar-refractivity contribution in [3.8, 4) is 0 Å². The van der Waals surface area contributed by atoms with Crippen LogP contribution < -0.4 is 0 Å². The zero-order valence-electron chi connectivity index (χ0n) is 16.6. The fourth-order valence-corrected chi connectivity index (χ4v) is 4.62. The lowest BCUT2D eigenvalue weighted by Crippen LogP contribution is -2.46. The fraction of sp³-hybridized carbons (Fsp3) is 1.00. The molecule has 0 aromatic rings. The van der Waals surface area contributed by atoms with E-state index in [-0.39, 0.29) is 29.1 Å². The first kappa shape index (κ1) is 22.3. The highest BCUT2D eigenvalue weighted by Gasteiger charge is 2.40. The molecular formula is C17H40O3Si2. The normalized spacial score (nSPS) is 16.9. The summed E-state index contributed by atoms with van der Waals surface area (Å²) in [5, 5.41) is 9.70. The second kappa shape index (κ2) is 8.42. The monoisotopic (exact) mass is 348 g/mol. The number of hydrogen-bond acceptors (Lipinski definition) is 3. The summed E-state index contributed by atoms with van der Waals surface area (Å²) in [4.78, 5) is 0. The average molecular weight is 349 g/mol. The smallest absolute Gasteiger partial charge is 0.191 e. The number of hydrogen-bond donors (Lipinski definition) is 1. The number of rotatable bonds is 8. The molecule has 3 nitrogen and oxygen atoms in total. The molecule has 0 spiro atoms. The predicted molar refractivity (Wildman–Crippen MR) is 102 cm³/mol. The molecular weight excluding hydrogens is 308 g/mol. The molecule has 0 aliphatic rings. The molecule has 1 N–H and O–H groups in total. The van der Waals surface area contributed by atoms with Gasteiger partial charge in [-0.3, -0.25) is 0 Å². The van der Waals surface area contributed by atoms with E-state index in [1.165, 1.54) is 0 Å². The topological polar surface area (TPSA) is 38.7 Å². The number of aliphatic hydroxyl groups is 1. The van der Waals surface area contributed by atoms with Gasteiger partial charge in [-0.15, -0.1) is 0 Å². The molecule has 0 heterocycles. The van der Waals surface area contributed by atoms with E-state index in [4.69, 9.17) is 8.85 Å². The van der Waals surface area contributed by atoms with Crippen LogP contribution in [0.2, 0.25) is 31.2 Å². The van der Waals surface area contributed by atoms with E-state index >= 15 is 0 Å². The highest BCUT2D eigenvalue weighted by molar-refractivity contribution is 6.74. The van der Waals surface area contributed by atoms with Crippen molar-refractivity contribution in [3.63, 3.8) is 0 Å². The molecule has 0 aromatic carbocycles. The third kappa shape index (κ3) is 7.26. The maximum absolute atomic E-state index is 9.49. The Kier molecular flexibility index (Phi) is 8.54. The van der Waals surface area contributed by atoms with Crippen LogP contribution in [-0.4, -0.2) is 41.8 Å². The Labute approximate surface area is 141 Å². The first-order valence-corrected chi connectivity index (χ1v) is 14.3. The lowest BCUT2D eigenvalue weighted by molar-refractivity contribution is 0.000895. The molecule has 0 amide bonds. The number of aliphatic hydroxyl groups excluding tert-OH is 1. The quantitative estimate of drug-likeness (QED) is 0.660. The van der Waals surface area contributed by atoms with E-state index in [2.05, 4.69) is 67.7 Å². The molecule has 0 aliphatic carbocycles. The summed E-state index contributed by atoms with van der Waals surface area (Å²) < 4.78 is 12.8. The maximum Gasteiger partial charge on any atom is 0.191 e. The van der Waals surface area contributed by atoms with Gasteiger partial charge in [-0.1, -0.05) is 41.5 Å². The standard InChI is InChI=1S/C17H40O3Si2/c1-16(2,3)15(20-21(7)8)14(11-12-18)13-19-22(9,10)17(4,5)6/h14-15,18,21H,11-13H2,1-10H3.